The van der Waals surface area contributed by atoms with Crippen molar-refractivity contribution in [1.29, 1.82) is 0 Å². The molecule has 1 unspecified atom stereocenters. The Morgan fingerprint density at radius 1 is 1.53 bits per heavy atom. The van der Waals surface area contributed by atoms with Gasteiger partial charge in [-0.05, 0) is 24.6 Å². The number of aromatic carboxylic acids is 1. The molecule has 0 saturated heterocycles. The van der Waals surface area contributed by atoms with Crippen LogP contribution in [0.1, 0.15) is 23.7 Å². The fraction of sp³-hybridized carbons (Fsp3) is 0.333. The molecule has 2 rings (SSSR count). The maximum Gasteiger partial charge on any atom is 0.335 e. The van der Waals surface area contributed by atoms with E-state index in [4.69, 9.17) is 5.11 Å². The van der Waals surface area contributed by atoms with E-state index < -0.39 is 5.97 Å². The van der Waals surface area contributed by atoms with Crippen LogP contribution in [0.15, 0.2) is 18.2 Å². The molecule has 0 fully saturated rings. The summed E-state index contributed by atoms with van der Waals surface area (Å²) in [6.07, 6.45) is 0.667. The number of fused-ring (bicyclic) bond motifs is 1. The Hall–Kier alpha value is -2.04. The van der Waals surface area contributed by atoms with Crippen molar-refractivity contribution in [2.45, 2.75) is 19.4 Å². The Balaban J connectivity index is 2.46. The van der Waals surface area contributed by atoms with Crippen molar-refractivity contribution < 1.29 is 14.7 Å². The van der Waals surface area contributed by atoms with Crippen molar-refractivity contribution in [3.05, 3.63) is 23.8 Å². The summed E-state index contributed by atoms with van der Waals surface area (Å²) in [5.74, 6) is -0.967. The lowest BCUT2D eigenvalue weighted by molar-refractivity contribution is -0.119. The molecule has 17 heavy (non-hydrogen) atoms. The van der Waals surface area contributed by atoms with E-state index in [2.05, 4.69) is 5.32 Å². The quantitative estimate of drug-likeness (QED) is 0.814. The number of carbonyl (C=O) groups is 2. The average molecular weight is 234 g/mol. The molecule has 1 aliphatic heterocycles. The number of hydrogen-bond donors (Lipinski definition) is 2. The molecular weight excluding hydrogens is 220 g/mol. The molecule has 0 aliphatic carbocycles. The van der Waals surface area contributed by atoms with Crippen LogP contribution >= 0.6 is 0 Å². The topological polar surface area (TPSA) is 69.6 Å². The summed E-state index contributed by atoms with van der Waals surface area (Å²) < 4.78 is 0. The number of rotatable bonds is 2. The van der Waals surface area contributed by atoms with E-state index >= 15 is 0 Å². The Labute approximate surface area is 99.0 Å². The first-order valence-electron chi connectivity index (χ1n) is 5.46. The van der Waals surface area contributed by atoms with Crippen molar-refractivity contribution in [3.8, 4) is 0 Å². The van der Waals surface area contributed by atoms with Gasteiger partial charge in [0.05, 0.1) is 16.9 Å². The van der Waals surface area contributed by atoms with Gasteiger partial charge in [0.25, 0.3) is 0 Å². The molecule has 1 aromatic rings. The number of carboxylic acid groups (broad SMARTS) is 1. The van der Waals surface area contributed by atoms with E-state index in [9.17, 15) is 9.59 Å². The predicted molar refractivity (Wildman–Crippen MR) is 64.5 cm³/mol. The van der Waals surface area contributed by atoms with Crippen LogP contribution in [0.3, 0.4) is 0 Å². The van der Waals surface area contributed by atoms with Crippen LogP contribution in [0.2, 0.25) is 0 Å². The molecule has 1 atom stereocenters. The maximum absolute atomic E-state index is 11.9. The van der Waals surface area contributed by atoms with Crippen LogP contribution < -0.4 is 10.2 Å². The molecular formula is C12H14N2O3. The van der Waals surface area contributed by atoms with Gasteiger partial charge in [-0.3, -0.25) is 4.79 Å². The number of likely N-dealkylation sites (N-methyl/N-ethyl adjacent to an activating group) is 1. The monoisotopic (exact) mass is 234 g/mol. The average Bonchev–Trinajstić information content (AvgIpc) is 2.33. The molecule has 5 heteroatoms. The fourth-order valence-electron chi connectivity index (χ4n) is 1.96. The second-order valence-corrected chi connectivity index (χ2v) is 4.04. The zero-order valence-corrected chi connectivity index (χ0v) is 9.73. The number of benzene rings is 1. The molecule has 0 bridgehead atoms. The highest BCUT2D eigenvalue weighted by molar-refractivity contribution is 6.05. The number of hydrogen-bond acceptors (Lipinski definition) is 3. The first-order valence-corrected chi connectivity index (χ1v) is 5.46. The van der Waals surface area contributed by atoms with Crippen molar-refractivity contribution in [2.75, 3.05) is 17.3 Å². The maximum atomic E-state index is 11.9. The van der Waals surface area contributed by atoms with Crippen molar-refractivity contribution >= 4 is 23.3 Å². The summed E-state index contributed by atoms with van der Waals surface area (Å²) >= 11 is 0. The summed E-state index contributed by atoms with van der Waals surface area (Å²) in [5, 5.41) is 12.0. The van der Waals surface area contributed by atoms with Crippen LogP contribution in [0.5, 0.6) is 0 Å². The highest BCUT2D eigenvalue weighted by Gasteiger charge is 2.29. The molecule has 2 N–H and O–H groups in total. The van der Waals surface area contributed by atoms with E-state index in [-0.39, 0.29) is 17.5 Å². The number of nitrogens with one attached hydrogen (secondary N) is 1. The molecule has 1 aliphatic rings. The molecule has 0 aromatic heterocycles. The Morgan fingerprint density at radius 3 is 2.82 bits per heavy atom. The zero-order chi connectivity index (χ0) is 12.6. The molecule has 5 nitrogen and oxygen atoms in total. The minimum atomic E-state index is -0.970. The second kappa shape index (κ2) is 4.08. The van der Waals surface area contributed by atoms with Crippen LogP contribution in [0, 0.1) is 0 Å². The minimum Gasteiger partial charge on any atom is -0.478 e. The van der Waals surface area contributed by atoms with Gasteiger partial charge in [-0.15, -0.1) is 0 Å². The third-order valence-electron chi connectivity index (χ3n) is 2.97. The van der Waals surface area contributed by atoms with Crippen molar-refractivity contribution in [3.63, 3.8) is 0 Å². The van der Waals surface area contributed by atoms with Crippen LogP contribution in [0.25, 0.3) is 0 Å². The van der Waals surface area contributed by atoms with Crippen LogP contribution in [0.4, 0.5) is 11.4 Å². The van der Waals surface area contributed by atoms with Crippen LogP contribution in [-0.4, -0.2) is 30.1 Å². The van der Waals surface area contributed by atoms with Gasteiger partial charge in [-0.1, -0.05) is 6.92 Å². The molecule has 1 aromatic carbocycles. The summed E-state index contributed by atoms with van der Waals surface area (Å²) in [4.78, 5) is 24.3. The first kappa shape index (κ1) is 11.4. The van der Waals surface area contributed by atoms with Gasteiger partial charge in [0.2, 0.25) is 5.91 Å². The highest BCUT2D eigenvalue weighted by Crippen LogP contribution is 2.32. The Morgan fingerprint density at radius 2 is 2.24 bits per heavy atom. The van der Waals surface area contributed by atoms with E-state index in [0.717, 1.165) is 0 Å². The molecule has 0 spiro atoms. The Bertz CT molecular complexity index is 485. The number of carbonyl (C=O) groups excluding carboxylic acids is 1. The van der Waals surface area contributed by atoms with Crippen molar-refractivity contribution in [2.24, 2.45) is 0 Å². The minimum absolute atomic E-state index is 0.00285. The van der Waals surface area contributed by atoms with Gasteiger partial charge in [-0.25, -0.2) is 4.79 Å². The fourth-order valence-corrected chi connectivity index (χ4v) is 1.96. The van der Waals surface area contributed by atoms with Gasteiger partial charge < -0.3 is 15.3 Å². The first-order chi connectivity index (χ1) is 8.04. The van der Waals surface area contributed by atoms with Gasteiger partial charge >= 0.3 is 5.97 Å². The van der Waals surface area contributed by atoms with E-state index in [1.54, 1.807) is 24.1 Å². The molecule has 90 valence electrons. The van der Waals surface area contributed by atoms with Gasteiger partial charge in [-0.2, -0.15) is 0 Å². The summed E-state index contributed by atoms with van der Waals surface area (Å²) in [7, 11) is 1.70. The van der Waals surface area contributed by atoms with Crippen molar-refractivity contribution in [1.82, 2.24) is 0 Å². The third-order valence-corrected chi connectivity index (χ3v) is 2.97. The van der Waals surface area contributed by atoms with E-state index in [1.807, 2.05) is 6.92 Å². The third kappa shape index (κ3) is 1.84. The molecule has 1 heterocycles. The summed E-state index contributed by atoms with van der Waals surface area (Å²) in [6.45, 7) is 1.91. The molecule has 1 amide bonds. The number of nitrogens with zero attached hydrogens (tertiary/aromatic N) is 1. The lowest BCUT2D eigenvalue weighted by atomic mass is 10.1. The van der Waals surface area contributed by atoms with Gasteiger partial charge in [0.15, 0.2) is 0 Å². The highest BCUT2D eigenvalue weighted by atomic mass is 16.4. The number of carboxylic acids is 1. The number of anilines is 2. The SMILES string of the molecule is CCC1Nc2cc(C(=O)O)ccc2N(C)C1=O. The zero-order valence-electron chi connectivity index (χ0n) is 9.73. The Kier molecular flexibility index (Phi) is 2.75. The standard InChI is InChI=1S/C12H14N2O3/c1-3-8-11(15)14(2)10-5-4-7(12(16)17)6-9(10)13-8/h4-6,8,13H,3H2,1-2H3,(H,16,17). The van der Waals surface area contributed by atoms with Gasteiger partial charge in [0.1, 0.15) is 6.04 Å². The van der Waals surface area contributed by atoms with Gasteiger partial charge in [0, 0.05) is 7.05 Å². The predicted octanol–water partition coefficient (Wildman–Crippen LogP) is 1.55. The second-order valence-electron chi connectivity index (χ2n) is 4.04. The smallest absolute Gasteiger partial charge is 0.335 e. The lowest BCUT2D eigenvalue weighted by Crippen LogP contribution is -2.44. The van der Waals surface area contributed by atoms with E-state index in [0.29, 0.717) is 17.8 Å². The largest absolute Gasteiger partial charge is 0.478 e. The normalized spacial score (nSPS) is 18.6. The van der Waals surface area contributed by atoms with E-state index in [1.165, 1.54) is 6.07 Å². The summed E-state index contributed by atoms with van der Waals surface area (Å²) in [5.41, 5.74) is 1.62. The molecule has 0 saturated carbocycles. The summed E-state index contributed by atoms with van der Waals surface area (Å²) in [6, 6.07) is 4.43. The lowest BCUT2D eigenvalue weighted by Gasteiger charge is -2.32. The van der Waals surface area contributed by atoms with Crippen LogP contribution in [-0.2, 0) is 4.79 Å². The number of amides is 1. The molecule has 0 radical (unpaired) electrons.